The molecule has 1 nitrogen and oxygen atoms in total. The molecule has 0 spiro atoms. The Balaban J connectivity index is 2.61. The fraction of sp³-hybridized carbons (Fsp3) is 0.300. The van der Waals surface area contributed by atoms with Crippen molar-refractivity contribution >= 4 is 11.8 Å². The van der Waals surface area contributed by atoms with Gasteiger partial charge in [0, 0.05) is 17.3 Å². The van der Waals surface area contributed by atoms with E-state index in [1.165, 1.54) is 10.5 Å². The van der Waals surface area contributed by atoms with Gasteiger partial charge in [-0.25, -0.2) is 0 Å². The fourth-order valence-electron chi connectivity index (χ4n) is 0.809. The molecule has 0 aromatic carbocycles. The second-order valence-electron chi connectivity index (χ2n) is 2.36. The third kappa shape index (κ3) is 2.60. The standard InChI is InChI=1S/C10H11NS/c1-3-4-7-12-10-5-6-11-8-9(10)2/h5-6,8H,7H2,1-2H3. The molecule has 0 fully saturated rings. The van der Waals surface area contributed by atoms with Gasteiger partial charge in [0.2, 0.25) is 0 Å². The number of nitrogens with zero attached hydrogens (tertiary/aromatic N) is 1. The largest absolute Gasteiger partial charge is 0.264 e. The highest BCUT2D eigenvalue weighted by atomic mass is 32.2. The van der Waals surface area contributed by atoms with Crippen LogP contribution in [0.1, 0.15) is 12.5 Å². The highest BCUT2D eigenvalue weighted by Crippen LogP contribution is 2.19. The van der Waals surface area contributed by atoms with Crippen LogP contribution in [0, 0.1) is 18.8 Å². The van der Waals surface area contributed by atoms with Gasteiger partial charge in [-0.2, -0.15) is 0 Å². The minimum absolute atomic E-state index is 0.862. The van der Waals surface area contributed by atoms with E-state index < -0.39 is 0 Å². The molecule has 0 unspecified atom stereocenters. The van der Waals surface area contributed by atoms with E-state index in [2.05, 4.69) is 23.7 Å². The molecular weight excluding hydrogens is 166 g/mol. The molecule has 0 saturated heterocycles. The molecule has 0 aliphatic rings. The molecule has 0 aliphatic carbocycles. The van der Waals surface area contributed by atoms with Crippen molar-refractivity contribution in [3.8, 4) is 11.8 Å². The van der Waals surface area contributed by atoms with Gasteiger partial charge in [-0.1, -0.05) is 5.92 Å². The first-order chi connectivity index (χ1) is 5.84. The first kappa shape index (κ1) is 9.15. The summed E-state index contributed by atoms with van der Waals surface area (Å²) in [6.07, 6.45) is 3.69. The van der Waals surface area contributed by atoms with Crippen LogP contribution in [-0.2, 0) is 0 Å². The predicted molar refractivity (Wildman–Crippen MR) is 53.1 cm³/mol. The molecular formula is C10H11NS. The summed E-state index contributed by atoms with van der Waals surface area (Å²) in [4.78, 5) is 5.29. The van der Waals surface area contributed by atoms with Crippen molar-refractivity contribution in [2.75, 3.05) is 5.75 Å². The highest BCUT2D eigenvalue weighted by Gasteiger charge is 1.95. The minimum Gasteiger partial charge on any atom is -0.264 e. The third-order valence-corrected chi connectivity index (χ3v) is 2.50. The van der Waals surface area contributed by atoms with E-state index in [9.17, 15) is 0 Å². The van der Waals surface area contributed by atoms with Gasteiger partial charge < -0.3 is 0 Å². The molecule has 12 heavy (non-hydrogen) atoms. The molecule has 0 radical (unpaired) electrons. The Bertz CT molecular complexity index is 309. The zero-order valence-electron chi connectivity index (χ0n) is 7.29. The quantitative estimate of drug-likeness (QED) is 0.508. The van der Waals surface area contributed by atoms with Gasteiger partial charge in [0.1, 0.15) is 0 Å². The van der Waals surface area contributed by atoms with Crippen molar-refractivity contribution in [2.45, 2.75) is 18.7 Å². The Labute approximate surface area is 77.6 Å². The molecule has 1 heterocycles. The summed E-state index contributed by atoms with van der Waals surface area (Å²) < 4.78 is 0. The van der Waals surface area contributed by atoms with Crippen molar-refractivity contribution in [2.24, 2.45) is 0 Å². The second-order valence-corrected chi connectivity index (χ2v) is 3.37. The summed E-state index contributed by atoms with van der Waals surface area (Å²) >= 11 is 1.76. The van der Waals surface area contributed by atoms with E-state index in [1.807, 2.05) is 25.4 Å². The lowest BCUT2D eigenvalue weighted by molar-refractivity contribution is 1.18. The van der Waals surface area contributed by atoms with E-state index >= 15 is 0 Å². The molecule has 2 heteroatoms. The van der Waals surface area contributed by atoms with Gasteiger partial charge in [0.15, 0.2) is 0 Å². The smallest absolute Gasteiger partial charge is 0.0594 e. The second kappa shape index (κ2) is 4.84. The summed E-state index contributed by atoms with van der Waals surface area (Å²) in [5.74, 6) is 6.75. The molecule has 0 saturated carbocycles. The van der Waals surface area contributed by atoms with Crippen LogP contribution in [0.3, 0.4) is 0 Å². The number of pyridine rings is 1. The molecule has 1 rings (SSSR count). The lowest BCUT2D eigenvalue weighted by Crippen LogP contribution is -1.81. The average Bonchev–Trinajstić information content (AvgIpc) is 2.09. The van der Waals surface area contributed by atoms with E-state index in [-0.39, 0.29) is 0 Å². The van der Waals surface area contributed by atoms with Gasteiger partial charge in [-0.3, -0.25) is 4.98 Å². The molecule has 0 aliphatic heterocycles. The molecule has 0 N–H and O–H groups in total. The van der Waals surface area contributed by atoms with E-state index in [0.717, 1.165) is 5.75 Å². The van der Waals surface area contributed by atoms with Gasteiger partial charge in [0.25, 0.3) is 0 Å². The number of hydrogen-bond acceptors (Lipinski definition) is 2. The van der Waals surface area contributed by atoms with Crippen LogP contribution in [0.15, 0.2) is 23.4 Å². The monoisotopic (exact) mass is 177 g/mol. The Kier molecular flexibility index (Phi) is 3.69. The van der Waals surface area contributed by atoms with Gasteiger partial charge in [-0.05, 0) is 25.5 Å². The zero-order valence-corrected chi connectivity index (χ0v) is 8.11. The average molecular weight is 177 g/mol. The Morgan fingerprint density at radius 3 is 3.08 bits per heavy atom. The molecule has 0 atom stereocenters. The maximum atomic E-state index is 4.02. The molecule has 0 amide bonds. The van der Waals surface area contributed by atoms with Crippen molar-refractivity contribution in [1.29, 1.82) is 0 Å². The topological polar surface area (TPSA) is 12.9 Å². The summed E-state index contributed by atoms with van der Waals surface area (Å²) in [5.41, 5.74) is 1.22. The summed E-state index contributed by atoms with van der Waals surface area (Å²) in [5, 5.41) is 0. The van der Waals surface area contributed by atoms with Crippen LogP contribution in [0.5, 0.6) is 0 Å². The van der Waals surface area contributed by atoms with Crippen molar-refractivity contribution in [3.05, 3.63) is 24.0 Å². The maximum Gasteiger partial charge on any atom is 0.0594 e. The molecule has 0 bridgehead atoms. The highest BCUT2D eigenvalue weighted by molar-refractivity contribution is 7.99. The van der Waals surface area contributed by atoms with E-state index in [4.69, 9.17) is 0 Å². The molecule has 1 aromatic heterocycles. The number of aromatic nitrogens is 1. The molecule has 1 aromatic rings. The van der Waals surface area contributed by atoms with Crippen LogP contribution < -0.4 is 0 Å². The minimum atomic E-state index is 0.862. The molecule has 62 valence electrons. The van der Waals surface area contributed by atoms with Crippen LogP contribution in [-0.4, -0.2) is 10.7 Å². The van der Waals surface area contributed by atoms with Gasteiger partial charge >= 0.3 is 0 Å². The summed E-state index contributed by atoms with van der Waals surface area (Å²) in [6.45, 7) is 3.93. The number of aryl methyl sites for hydroxylation is 1. The summed E-state index contributed by atoms with van der Waals surface area (Å²) in [7, 11) is 0. The van der Waals surface area contributed by atoms with E-state index in [0.29, 0.717) is 0 Å². The Morgan fingerprint density at radius 2 is 2.42 bits per heavy atom. The van der Waals surface area contributed by atoms with Gasteiger partial charge in [-0.15, -0.1) is 17.7 Å². The normalized spacial score (nSPS) is 8.83. The number of rotatable bonds is 2. The van der Waals surface area contributed by atoms with Crippen molar-refractivity contribution in [1.82, 2.24) is 4.98 Å². The van der Waals surface area contributed by atoms with Crippen LogP contribution in [0.2, 0.25) is 0 Å². The van der Waals surface area contributed by atoms with Crippen LogP contribution in [0.25, 0.3) is 0 Å². The predicted octanol–water partition coefficient (Wildman–Crippen LogP) is 2.51. The SMILES string of the molecule is CC#CCSc1ccncc1C. The maximum absolute atomic E-state index is 4.02. The lowest BCUT2D eigenvalue weighted by atomic mass is 10.3. The van der Waals surface area contributed by atoms with Crippen LogP contribution in [0.4, 0.5) is 0 Å². The third-order valence-electron chi connectivity index (χ3n) is 1.45. The lowest BCUT2D eigenvalue weighted by Gasteiger charge is -1.99. The fourth-order valence-corrected chi connectivity index (χ4v) is 1.62. The number of hydrogen-bond donors (Lipinski definition) is 0. The van der Waals surface area contributed by atoms with Gasteiger partial charge in [0.05, 0.1) is 5.75 Å². The Hall–Kier alpha value is -0.940. The summed E-state index contributed by atoms with van der Waals surface area (Å²) in [6, 6.07) is 2.03. The van der Waals surface area contributed by atoms with E-state index in [1.54, 1.807) is 11.8 Å². The van der Waals surface area contributed by atoms with Crippen molar-refractivity contribution in [3.63, 3.8) is 0 Å². The Morgan fingerprint density at radius 1 is 1.58 bits per heavy atom. The first-order valence-electron chi connectivity index (χ1n) is 3.77. The first-order valence-corrected chi connectivity index (χ1v) is 4.76. The zero-order chi connectivity index (χ0) is 8.81. The number of thioether (sulfide) groups is 1. The van der Waals surface area contributed by atoms with Crippen LogP contribution >= 0.6 is 11.8 Å². The van der Waals surface area contributed by atoms with Crippen molar-refractivity contribution < 1.29 is 0 Å².